The van der Waals surface area contributed by atoms with E-state index in [0.717, 1.165) is 113 Å². The van der Waals surface area contributed by atoms with E-state index in [0.29, 0.717) is 71.9 Å². The third-order valence-electron chi connectivity index (χ3n) is 17.4. The zero-order valence-electron chi connectivity index (χ0n) is 46.8. The number of piperidine rings is 1. The molecule has 3 aromatic heterocycles. The number of nitrogens with zero attached hydrogens (tertiary/aromatic N) is 6. The van der Waals surface area contributed by atoms with Gasteiger partial charge in [0.05, 0.1) is 36.5 Å². The lowest BCUT2D eigenvalue weighted by molar-refractivity contribution is -0.0629. The average molecular weight is 1100 g/mol. The largest absolute Gasteiger partial charge is 0.758 e. The highest BCUT2D eigenvalue weighted by molar-refractivity contribution is 5.97. The molecule has 0 unspecified atom stereocenters. The summed E-state index contributed by atoms with van der Waals surface area (Å²) in [5.74, 6) is 2.74. The van der Waals surface area contributed by atoms with Gasteiger partial charge in [0.15, 0.2) is 17.2 Å². The van der Waals surface area contributed by atoms with E-state index < -0.39 is 17.3 Å². The Bertz CT molecular complexity index is 3160. The average Bonchev–Trinajstić information content (AvgIpc) is 3.84. The van der Waals surface area contributed by atoms with Crippen LogP contribution in [0.15, 0.2) is 79.1 Å². The van der Waals surface area contributed by atoms with Crippen LogP contribution in [-0.2, 0) is 18.0 Å². The molecule has 2 aliphatic carbocycles. The molecule has 4 fully saturated rings. The molecule has 18 nitrogen and oxygen atoms in total. The topological polar surface area (TPSA) is 194 Å². The predicted molar refractivity (Wildman–Crippen MR) is 305 cm³/mol. The summed E-state index contributed by atoms with van der Waals surface area (Å²) in [5.41, 5.74) is 8.32. The van der Waals surface area contributed by atoms with Crippen LogP contribution in [0.25, 0.3) is 11.0 Å². The first-order valence-corrected chi connectivity index (χ1v) is 28.3. The van der Waals surface area contributed by atoms with Gasteiger partial charge in [-0.1, -0.05) is 44.2 Å². The lowest BCUT2D eigenvalue weighted by atomic mass is 9.59. The summed E-state index contributed by atoms with van der Waals surface area (Å²) in [5, 5.41) is 27.4. The molecule has 2 saturated heterocycles. The Balaban J connectivity index is 0.768. The Morgan fingerprint density at radius 1 is 0.950 bits per heavy atom. The van der Waals surface area contributed by atoms with Crippen molar-refractivity contribution in [3.63, 3.8) is 0 Å². The number of ether oxygens (including phenoxy) is 5. The van der Waals surface area contributed by atoms with Gasteiger partial charge in [0.1, 0.15) is 42.9 Å². The number of hydrogen-bond acceptors (Lipinski definition) is 16. The van der Waals surface area contributed by atoms with Gasteiger partial charge in [-0.25, -0.2) is 14.9 Å². The third kappa shape index (κ3) is 11.7. The monoisotopic (exact) mass is 1100 g/mol. The first-order chi connectivity index (χ1) is 38.7. The van der Waals surface area contributed by atoms with Crippen molar-refractivity contribution in [3.8, 4) is 34.6 Å². The smallest absolute Gasteiger partial charge is 0.278 e. The predicted octanol–water partition coefficient (Wildman–Crippen LogP) is 10.3. The zero-order valence-corrected chi connectivity index (χ0v) is 46.8. The van der Waals surface area contributed by atoms with E-state index in [1.165, 1.54) is 37.5 Å². The number of amides is 1. The molecule has 3 aromatic carbocycles. The Labute approximate surface area is 467 Å². The van der Waals surface area contributed by atoms with Crippen molar-refractivity contribution in [1.29, 1.82) is 0 Å². The van der Waals surface area contributed by atoms with E-state index in [4.69, 9.17) is 28.5 Å². The van der Waals surface area contributed by atoms with Crippen molar-refractivity contribution in [2.24, 2.45) is 11.3 Å². The van der Waals surface area contributed by atoms with E-state index in [-0.39, 0.29) is 46.4 Å². The van der Waals surface area contributed by atoms with Gasteiger partial charge in [0.25, 0.3) is 11.8 Å². The Kier molecular flexibility index (Phi) is 16.0. The first-order valence-electron chi connectivity index (χ1n) is 28.3. The minimum Gasteiger partial charge on any atom is -0.758 e. The van der Waals surface area contributed by atoms with E-state index >= 15 is 0 Å². The molecule has 6 heterocycles. The molecule has 426 valence electrons. The quantitative estimate of drug-likeness (QED) is 0.0593. The maximum atomic E-state index is 14.9. The molecule has 4 N–H and O–H groups in total. The van der Waals surface area contributed by atoms with Crippen LogP contribution in [0.3, 0.4) is 0 Å². The van der Waals surface area contributed by atoms with Gasteiger partial charge in [0, 0.05) is 99.2 Å². The normalized spacial score (nSPS) is 21.4. The molecule has 5 aliphatic rings. The number of halogens is 1. The number of pyridine rings is 2. The minimum atomic E-state index is -0.632. The number of nitrogens with one attached hydrogen (secondary N) is 3. The number of fused-ring (bicyclic) bond motifs is 2. The molecule has 19 heteroatoms. The van der Waals surface area contributed by atoms with Gasteiger partial charge < -0.3 is 54.3 Å². The molecule has 0 bridgehead atoms. The van der Waals surface area contributed by atoms with Crippen LogP contribution in [0.4, 0.5) is 21.6 Å². The molecule has 1 amide bonds. The highest BCUT2D eigenvalue weighted by atomic mass is 19.1. The van der Waals surface area contributed by atoms with Gasteiger partial charge in [-0.15, -0.1) is 0 Å². The highest BCUT2D eigenvalue weighted by Gasteiger charge is 2.50. The molecule has 1 atom stereocenters. The standard InChI is InChI=1S/C61H75FN9O9/c1-38(2)44-9-7-8-10-45(44)50-36-69(35-41-11-14-51(75-5)55-54(41)77-25-26-78-55)23-24-71(50)43-30-61(31-43)19-21-70(22-20-61)42-12-13-46(52(28-42)80-53-29-47-48(62)34-65-56(47)66-59(53)76-6)58(72)67-79-37-40-27-49(68(4)74)57(64-33-40)63-32-39-15-17-60(3,73)18-16-39/h7-14,27-29,33-34,38-39,43,50,73H,15-26,30-32,35-37H2,1-6H3,(H,63,64)(H,65,66)(H,67,72)/q-1/t39?,50-,60?/m0/s1. The van der Waals surface area contributed by atoms with Crippen LogP contribution >= 0.6 is 0 Å². The summed E-state index contributed by atoms with van der Waals surface area (Å²) < 4.78 is 44.9. The maximum Gasteiger partial charge on any atom is 0.278 e. The number of piperazine rings is 1. The number of methoxy groups -OCH3 is 2. The minimum absolute atomic E-state index is 0.0798. The van der Waals surface area contributed by atoms with E-state index in [1.807, 2.05) is 25.1 Å². The number of anilines is 3. The molecule has 3 aliphatic heterocycles. The van der Waals surface area contributed by atoms with Crippen LogP contribution in [0.1, 0.15) is 117 Å². The molecule has 2 saturated carbocycles. The fourth-order valence-electron chi connectivity index (χ4n) is 12.8. The van der Waals surface area contributed by atoms with Gasteiger partial charge in [-0.05, 0) is 118 Å². The van der Waals surface area contributed by atoms with Crippen molar-refractivity contribution >= 4 is 34.1 Å². The van der Waals surface area contributed by atoms with Gasteiger partial charge in [0.2, 0.25) is 5.75 Å². The summed E-state index contributed by atoms with van der Waals surface area (Å²) in [6, 6.07) is 22.5. The van der Waals surface area contributed by atoms with Crippen LogP contribution in [0.5, 0.6) is 34.6 Å². The van der Waals surface area contributed by atoms with Crippen molar-refractivity contribution in [2.75, 3.05) is 89.0 Å². The SMILES string of the molecule is COc1ccc(CN2CCN(C3CC4(CCN(c5ccc(C(=O)NOCc6cnc(NCC7CCC(C)(O)CC7)c(N(C)[O-])c6)c(Oc6cc7c(F)c[nH]c7nc6OC)c5)CC4)C3)[C@H](c3ccccc3C(C)C)C2)c2c1OCCO2. The third-order valence-corrected chi connectivity index (χ3v) is 17.4. The van der Waals surface area contributed by atoms with E-state index in [1.54, 1.807) is 25.4 Å². The number of hydroxylamine groups is 2. The number of carbonyl (C=O) groups is 1. The lowest BCUT2D eigenvalue weighted by Gasteiger charge is -2.58. The molecule has 0 radical (unpaired) electrons. The molecule has 80 heavy (non-hydrogen) atoms. The second-order valence-electron chi connectivity index (χ2n) is 23.2. The molecule has 1 spiro atoms. The fourth-order valence-corrected chi connectivity index (χ4v) is 12.8. The van der Waals surface area contributed by atoms with Crippen molar-refractivity contribution in [3.05, 3.63) is 118 Å². The second-order valence-corrected chi connectivity index (χ2v) is 23.2. The number of aliphatic hydroxyl groups is 1. The molecule has 11 rings (SSSR count). The number of rotatable bonds is 18. The van der Waals surface area contributed by atoms with Crippen LogP contribution in [-0.4, -0.2) is 121 Å². The van der Waals surface area contributed by atoms with Gasteiger partial charge in [-0.2, -0.15) is 4.98 Å². The summed E-state index contributed by atoms with van der Waals surface area (Å²) >= 11 is 0. The first kappa shape index (κ1) is 55.0. The second kappa shape index (κ2) is 23.3. The Hall–Kier alpha value is -6.90. The number of carbonyl (C=O) groups excluding carboxylic acids is 1. The van der Waals surface area contributed by atoms with Crippen molar-refractivity contribution in [2.45, 2.75) is 109 Å². The number of benzene rings is 3. The number of aromatic amines is 1. The Morgan fingerprint density at radius 2 is 1.73 bits per heavy atom. The van der Waals surface area contributed by atoms with Crippen LogP contribution < -0.4 is 44.4 Å². The van der Waals surface area contributed by atoms with E-state index in [2.05, 4.69) is 84.6 Å². The number of H-pyrrole nitrogens is 1. The number of aromatic nitrogens is 3. The summed E-state index contributed by atoms with van der Waals surface area (Å²) in [6.45, 7) is 13.2. The summed E-state index contributed by atoms with van der Waals surface area (Å²) in [7, 11) is 4.53. The van der Waals surface area contributed by atoms with E-state index in [9.17, 15) is 19.5 Å². The Morgan fingerprint density at radius 3 is 2.48 bits per heavy atom. The van der Waals surface area contributed by atoms with Crippen LogP contribution in [0, 0.1) is 22.4 Å². The number of hydrogen-bond donors (Lipinski definition) is 4. The van der Waals surface area contributed by atoms with Gasteiger partial charge >= 0.3 is 0 Å². The van der Waals surface area contributed by atoms with Crippen molar-refractivity contribution < 1.29 is 42.8 Å². The summed E-state index contributed by atoms with van der Waals surface area (Å²) in [4.78, 5) is 39.4. The van der Waals surface area contributed by atoms with Crippen molar-refractivity contribution in [1.82, 2.24) is 30.2 Å². The zero-order chi connectivity index (χ0) is 55.7. The fraction of sp³-hybridized carbons (Fsp3) is 0.492. The lowest BCUT2D eigenvalue weighted by Crippen LogP contribution is -2.60. The van der Waals surface area contributed by atoms with Crippen LogP contribution in [0.2, 0.25) is 0 Å². The molecular weight excluding hydrogens is 1020 g/mol. The highest BCUT2D eigenvalue weighted by Crippen LogP contribution is 2.54. The molecular formula is C61H75FN9O9-. The maximum absolute atomic E-state index is 14.9. The summed E-state index contributed by atoms with van der Waals surface area (Å²) in [6.07, 6.45) is 10.4. The molecule has 6 aromatic rings. The van der Waals surface area contributed by atoms with Gasteiger partial charge in [-0.3, -0.25) is 19.4 Å².